The maximum absolute atomic E-state index is 12.5. The molecule has 76 valence electrons. The highest BCUT2D eigenvalue weighted by Gasteiger charge is 2.19. The maximum atomic E-state index is 12.5. The number of hydrogen-bond donors (Lipinski definition) is 0. The fraction of sp³-hybridized carbons (Fsp3) is 0.222. The van der Waals surface area contributed by atoms with E-state index in [1.54, 1.807) is 0 Å². The molecule has 0 saturated heterocycles. The van der Waals surface area contributed by atoms with Gasteiger partial charge in [-0.25, -0.2) is 8.78 Å². The van der Waals surface area contributed by atoms with Gasteiger partial charge in [-0.15, -0.1) is 0 Å². The van der Waals surface area contributed by atoms with Gasteiger partial charge >= 0.3 is 0 Å². The van der Waals surface area contributed by atoms with Crippen LogP contribution in [-0.4, -0.2) is 5.78 Å². The predicted octanol–water partition coefficient (Wildman–Crippen LogP) is 4.13. The van der Waals surface area contributed by atoms with Crippen LogP contribution in [0.2, 0.25) is 10.0 Å². The van der Waals surface area contributed by atoms with E-state index in [0.717, 1.165) is 6.07 Å². The molecule has 0 N–H and O–H groups in total. The highest BCUT2D eigenvalue weighted by Crippen LogP contribution is 2.31. The van der Waals surface area contributed by atoms with Crippen molar-refractivity contribution in [2.75, 3.05) is 0 Å². The largest absolute Gasteiger partial charge is 0.294 e. The van der Waals surface area contributed by atoms with E-state index >= 15 is 0 Å². The molecule has 0 atom stereocenters. The molecule has 1 nitrogen and oxygen atoms in total. The molecular formula is C9H6Cl2F2O. The van der Waals surface area contributed by atoms with Gasteiger partial charge < -0.3 is 0 Å². The van der Waals surface area contributed by atoms with Crippen LogP contribution >= 0.6 is 23.2 Å². The Kier molecular flexibility index (Phi) is 3.45. The van der Waals surface area contributed by atoms with E-state index in [2.05, 4.69) is 0 Å². The quantitative estimate of drug-likeness (QED) is 0.709. The van der Waals surface area contributed by atoms with Crippen molar-refractivity contribution < 1.29 is 13.6 Å². The lowest BCUT2D eigenvalue weighted by Crippen LogP contribution is -2.01. The Balaban J connectivity index is 3.44. The monoisotopic (exact) mass is 238 g/mol. The maximum Gasteiger partial charge on any atom is 0.264 e. The average Bonchev–Trinajstić information content (AvgIpc) is 2.01. The first-order valence-electron chi connectivity index (χ1n) is 3.71. The zero-order chi connectivity index (χ0) is 10.9. The van der Waals surface area contributed by atoms with Crippen molar-refractivity contribution in [1.82, 2.24) is 0 Å². The van der Waals surface area contributed by atoms with Crippen molar-refractivity contribution in [3.8, 4) is 0 Å². The van der Waals surface area contributed by atoms with Crippen molar-refractivity contribution in [1.29, 1.82) is 0 Å². The summed E-state index contributed by atoms with van der Waals surface area (Å²) in [6, 6.07) is 2.32. The molecule has 5 heteroatoms. The highest BCUT2D eigenvalue weighted by molar-refractivity contribution is 6.37. The van der Waals surface area contributed by atoms with Gasteiger partial charge in [-0.3, -0.25) is 4.79 Å². The Bertz CT molecular complexity index is 377. The summed E-state index contributed by atoms with van der Waals surface area (Å²) in [5, 5.41) is 0.0515. The average molecular weight is 239 g/mol. The number of ketones is 1. The van der Waals surface area contributed by atoms with E-state index < -0.39 is 17.8 Å². The van der Waals surface area contributed by atoms with E-state index in [0.29, 0.717) is 0 Å². The van der Waals surface area contributed by atoms with E-state index in [1.807, 2.05) is 0 Å². The number of Topliss-reactive ketones (excluding diaryl/α,β-unsaturated/α-hetero) is 1. The molecule has 1 aromatic carbocycles. The van der Waals surface area contributed by atoms with Gasteiger partial charge in [0, 0.05) is 16.1 Å². The molecule has 0 aliphatic heterocycles. The van der Waals surface area contributed by atoms with Crippen LogP contribution in [0.25, 0.3) is 0 Å². The molecule has 1 aromatic rings. The first-order valence-corrected chi connectivity index (χ1v) is 4.47. The Morgan fingerprint density at radius 2 is 1.93 bits per heavy atom. The van der Waals surface area contributed by atoms with Gasteiger partial charge in [0.1, 0.15) is 0 Å². The number of hydrogen-bond acceptors (Lipinski definition) is 1. The molecule has 0 unspecified atom stereocenters. The van der Waals surface area contributed by atoms with E-state index in [1.165, 1.54) is 13.0 Å². The van der Waals surface area contributed by atoms with Gasteiger partial charge in [0.2, 0.25) is 0 Å². The van der Waals surface area contributed by atoms with Gasteiger partial charge in [0.05, 0.1) is 5.02 Å². The lowest BCUT2D eigenvalue weighted by Gasteiger charge is -2.08. The smallest absolute Gasteiger partial charge is 0.264 e. The van der Waals surface area contributed by atoms with E-state index in [4.69, 9.17) is 23.2 Å². The Labute approximate surface area is 89.6 Å². The standard InChI is InChI=1S/C9H6Cl2F2O/c1-4(14)8-6(9(12)13)2-5(10)3-7(8)11/h2-3,9H,1H3. The second kappa shape index (κ2) is 4.24. The van der Waals surface area contributed by atoms with Gasteiger partial charge in [-0.1, -0.05) is 23.2 Å². The Morgan fingerprint density at radius 3 is 2.36 bits per heavy atom. The van der Waals surface area contributed by atoms with Gasteiger partial charge in [0.15, 0.2) is 5.78 Å². The first-order chi connectivity index (χ1) is 6.43. The summed E-state index contributed by atoms with van der Waals surface area (Å²) in [7, 11) is 0. The normalized spacial score (nSPS) is 10.7. The third-order valence-electron chi connectivity index (χ3n) is 1.67. The van der Waals surface area contributed by atoms with E-state index in [9.17, 15) is 13.6 Å². The molecule has 0 spiro atoms. The molecule has 0 bridgehead atoms. The zero-order valence-electron chi connectivity index (χ0n) is 7.15. The van der Waals surface area contributed by atoms with Crippen molar-refractivity contribution in [3.05, 3.63) is 33.3 Å². The van der Waals surface area contributed by atoms with Crippen molar-refractivity contribution in [3.63, 3.8) is 0 Å². The van der Waals surface area contributed by atoms with Crippen LogP contribution in [0.3, 0.4) is 0 Å². The minimum absolute atomic E-state index is 0.0414. The van der Waals surface area contributed by atoms with Crippen LogP contribution in [0.5, 0.6) is 0 Å². The summed E-state index contributed by atoms with van der Waals surface area (Å²) >= 11 is 11.2. The molecule has 0 saturated carbocycles. The highest BCUT2D eigenvalue weighted by atomic mass is 35.5. The third kappa shape index (κ3) is 2.22. The van der Waals surface area contributed by atoms with Crippen LogP contribution in [-0.2, 0) is 0 Å². The summed E-state index contributed by atoms with van der Waals surface area (Å²) in [6.07, 6.45) is -2.76. The number of carbonyl (C=O) groups is 1. The molecule has 0 amide bonds. The summed E-state index contributed by atoms with van der Waals surface area (Å²) < 4.78 is 25.0. The topological polar surface area (TPSA) is 17.1 Å². The summed E-state index contributed by atoms with van der Waals surface area (Å²) in [5.41, 5.74) is -0.582. The predicted molar refractivity (Wildman–Crippen MR) is 51.4 cm³/mol. The van der Waals surface area contributed by atoms with Crippen molar-refractivity contribution in [2.45, 2.75) is 13.3 Å². The fourth-order valence-electron chi connectivity index (χ4n) is 1.14. The number of benzene rings is 1. The van der Waals surface area contributed by atoms with Crippen LogP contribution in [0.4, 0.5) is 8.78 Å². The number of alkyl halides is 2. The molecule has 0 fully saturated rings. The van der Waals surface area contributed by atoms with Crippen LogP contribution < -0.4 is 0 Å². The lowest BCUT2D eigenvalue weighted by molar-refractivity contribution is 0.0999. The second-order valence-corrected chi connectivity index (χ2v) is 3.55. The van der Waals surface area contributed by atoms with Gasteiger partial charge in [-0.05, 0) is 19.1 Å². The number of halogens is 4. The van der Waals surface area contributed by atoms with Crippen molar-refractivity contribution >= 4 is 29.0 Å². The van der Waals surface area contributed by atoms with Crippen LogP contribution in [0.15, 0.2) is 12.1 Å². The van der Waals surface area contributed by atoms with Crippen LogP contribution in [0.1, 0.15) is 29.3 Å². The lowest BCUT2D eigenvalue weighted by atomic mass is 10.0. The first kappa shape index (κ1) is 11.4. The summed E-state index contributed by atoms with van der Waals surface area (Å²) in [4.78, 5) is 11.0. The molecule has 0 aliphatic rings. The minimum atomic E-state index is -2.76. The third-order valence-corrected chi connectivity index (χ3v) is 2.19. The number of rotatable bonds is 2. The molecule has 1 rings (SSSR count). The zero-order valence-corrected chi connectivity index (χ0v) is 8.66. The number of carbonyl (C=O) groups excluding carboxylic acids is 1. The summed E-state index contributed by atoms with van der Waals surface area (Å²) in [6.45, 7) is 1.18. The van der Waals surface area contributed by atoms with Crippen molar-refractivity contribution in [2.24, 2.45) is 0 Å². The molecule has 0 aliphatic carbocycles. The Morgan fingerprint density at radius 1 is 1.36 bits per heavy atom. The minimum Gasteiger partial charge on any atom is -0.294 e. The van der Waals surface area contributed by atoms with Gasteiger partial charge in [0.25, 0.3) is 6.43 Å². The SMILES string of the molecule is CC(=O)c1c(Cl)cc(Cl)cc1C(F)F. The van der Waals surface area contributed by atoms with Gasteiger partial charge in [-0.2, -0.15) is 0 Å². The van der Waals surface area contributed by atoms with Crippen LogP contribution in [0, 0.1) is 0 Å². The second-order valence-electron chi connectivity index (χ2n) is 2.71. The molecule has 14 heavy (non-hydrogen) atoms. The fourth-order valence-corrected chi connectivity index (χ4v) is 1.78. The molecular weight excluding hydrogens is 233 g/mol. The molecule has 0 radical (unpaired) electrons. The van der Waals surface area contributed by atoms with E-state index in [-0.39, 0.29) is 15.6 Å². The summed E-state index contributed by atoms with van der Waals surface area (Å²) in [5.74, 6) is -0.498. The Hall–Kier alpha value is -0.670. The molecule has 0 heterocycles. The molecule has 0 aromatic heterocycles.